The molecule has 0 heterocycles. The van der Waals surface area contributed by atoms with Crippen molar-refractivity contribution >= 4 is 11.9 Å². The lowest BCUT2D eigenvalue weighted by atomic mass is 9.90. The van der Waals surface area contributed by atoms with Gasteiger partial charge in [-0.05, 0) is 31.6 Å². The van der Waals surface area contributed by atoms with Gasteiger partial charge in [-0.3, -0.25) is 4.79 Å². The molecule has 2 aliphatic carbocycles. The van der Waals surface area contributed by atoms with E-state index < -0.39 is 17.7 Å². The molecule has 2 fully saturated rings. The molecule has 2 saturated carbocycles. The molecule has 2 aliphatic rings. The highest BCUT2D eigenvalue weighted by Gasteiger charge is 2.54. The molecule has 6 heteroatoms. The second kappa shape index (κ2) is 6.43. The van der Waals surface area contributed by atoms with Crippen LogP contribution in [0.4, 0.5) is 4.79 Å². The first-order valence-corrected chi connectivity index (χ1v) is 7.49. The van der Waals surface area contributed by atoms with Crippen LogP contribution in [-0.4, -0.2) is 37.2 Å². The SMILES string of the molecule is CNC(=O)C(NC(N)=O)C1(OCC2CCCCC2)CC1. The van der Waals surface area contributed by atoms with Crippen LogP contribution in [0.1, 0.15) is 44.9 Å². The molecule has 0 spiro atoms. The minimum absolute atomic E-state index is 0.245. The maximum Gasteiger partial charge on any atom is 0.312 e. The van der Waals surface area contributed by atoms with Gasteiger partial charge in [0.05, 0.1) is 12.2 Å². The number of hydrogen-bond donors (Lipinski definition) is 3. The number of nitrogens with one attached hydrogen (secondary N) is 2. The fraction of sp³-hybridized carbons (Fsp3) is 0.857. The number of amides is 3. The number of ether oxygens (including phenoxy) is 1. The molecule has 1 unspecified atom stereocenters. The predicted molar refractivity (Wildman–Crippen MR) is 75.1 cm³/mol. The molecule has 0 aromatic heterocycles. The molecule has 6 nitrogen and oxygen atoms in total. The number of rotatable bonds is 6. The third-order valence-electron chi connectivity index (χ3n) is 4.40. The van der Waals surface area contributed by atoms with Crippen LogP contribution < -0.4 is 16.4 Å². The quantitative estimate of drug-likeness (QED) is 0.676. The van der Waals surface area contributed by atoms with Gasteiger partial charge in [0.25, 0.3) is 0 Å². The smallest absolute Gasteiger partial charge is 0.312 e. The molecular formula is C14H25N3O3. The summed E-state index contributed by atoms with van der Waals surface area (Å²) in [5, 5.41) is 5.09. The van der Waals surface area contributed by atoms with E-state index in [1.165, 1.54) is 32.1 Å². The van der Waals surface area contributed by atoms with Crippen molar-refractivity contribution in [1.29, 1.82) is 0 Å². The monoisotopic (exact) mass is 283 g/mol. The minimum Gasteiger partial charge on any atom is -0.372 e. The van der Waals surface area contributed by atoms with E-state index in [-0.39, 0.29) is 5.91 Å². The van der Waals surface area contributed by atoms with Gasteiger partial charge in [-0.15, -0.1) is 0 Å². The second-order valence-electron chi connectivity index (χ2n) is 5.94. The lowest BCUT2D eigenvalue weighted by molar-refractivity contribution is -0.128. The Morgan fingerprint density at radius 3 is 2.45 bits per heavy atom. The average Bonchev–Trinajstić information content (AvgIpc) is 3.24. The van der Waals surface area contributed by atoms with Crippen LogP contribution in [0.25, 0.3) is 0 Å². The normalized spacial score (nSPS) is 22.9. The van der Waals surface area contributed by atoms with Crippen molar-refractivity contribution in [1.82, 2.24) is 10.6 Å². The predicted octanol–water partition coefficient (Wildman–Crippen LogP) is 0.899. The molecular weight excluding hydrogens is 258 g/mol. The first-order valence-electron chi connectivity index (χ1n) is 7.49. The van der Waals surface area contributed by atoms with Gasteiger partial charge < -0.3 is 21.1 Å². The Bertz CT molecular complexity index is 363. The number of primary amides is 1. The standard InChI is InChI=1S/C14H25N3O3/c1-16-12(18)11(17-13(15)19)14(7-8-14)20-9-10-5-3-2-4-6-10/h10-11H,2-9H2,1H3,(H,16,18)(H3,15,17,19). The molecule has 3 amide bonds. The molecule has 4 N–H and O–H groups in total. The lowest BCUT2D eigenvalue weighted by Gasteiger charge is -2.29. The van der Waals surface area contributed by atoms with Gasteiger partial charge >= 0.3 is 6.03 Å². The fourth-order valence-corrected chi connectivity index (χ4v) is 3.00. The second-order valence-corrected chi connectivity index (χ2v) is 5.94. The summed E-state index contributed by atoms with van der Waals surface area (Å²) in [7, 11) is 1.55. The van der Waals surface area contributed by atoms with Gasteiger partial charge in [0, 0.05) is 7.05 Å². The summed E-state index contributed by atoms with van der Waals surface area (Å²) in [5.74, 6) is 0.338. The first kappa shape index (κ1) is 15.1. The van der Waals surface area contributed by atoms with Crippen molar-refractivity contribution in [3.05, 3.63) is 0 Å². The third kappa shape index (κ3) is 3.62. The average molecular weight is 283 g/mol. The first-order chi connectivity index (χ1) is 9.57. The van der Waals surface area contributed by atoms with Crippen LogP contribution in [0.2, 0.25) is 0 Å². The number of carbonyl (C=O) groups excluding carboxylic acids is 2. The molecule has 0 aromatic carbocycles. The van der Waals surface area contributed by atoms with Gasteiger partial charge in [-0.25, -0.2) is 4.79 Å². The minimum atomic E-state index is -0.689. The highest BCUT2D eigenvalue weighted by molar-refractivity contribution is 5.88. The van der Waals surface area contributed by atoms with Crippen LogP contribution in [-0.2, 0) is 9.53 Å². The zero-order valence-corrected chi connectivity index (χ0v) is 12.1. The van der Waals surface area contributed by atoms with Crippen molar-refractivity contribution in [3.63, 3.8) is 0 Å². The Hall–Kier alpha value is -1.30. The van der Waals surface area contributed by atoms with E-state index in [0.717, 1.165) is 12.8 Å². The van der Waals surface area contributed by atoms with E-state index in [4.69, 9.17) is 10.5 Å². The Kier molecular flexibility index (Phi) is 4.86. The van der Waals surface area contributed by atoms with E-state index in [0.29, 0.717) is 12.5 Å². The van der Waals surface area contributed by atoms with Crippen LogP contribution in [0, 0.1) is 5.92 Å². The molecule has 0 bridgehead atoms. The van der Waals surface area contributed by atoms with E-state index in [9.17, 15) is 9.59 Å². The maximum absolute atomic E-state index is 11.9. The zero-order chi connectivity index (χ0) is 14.6. The van der Waals surface area contributed by atoms with Crippen molar-refractivity contribution in [3.8, 4) is 0 Å². The molecule has 0 radical (unpaired) electrons. The number of hydrogen-bond acceptors (Lipinski definition) is 3. The van der Waals surface area contributed by atoms with Crippen LogP contribution in [0.5, 0.6) is 0 Å². The summed E-state index contributed by atoms with van der Waals surface area (Å²) < 4.78 is 6.03. The van der Waals surface area contributed by atoms with E-state index in [1.54, 1.807) is 7.05 Å². The van der Waals surface area contributed by atoms with E-state index >= 15 is 0 Å². The van der Waals surface area contributed by atoms with Gasteiger partial charge in [0.2, 0.25) is 5.91 Å². The summed E-state index contributed by atoms with van der Waals surface area (Å²) in [4.78, 5) is 23.0. The molecule has 114 valence electrons. The van der Waals surface area contributed by atoms with Crippen molar-refractivity contribution in [2.45, 2.75) is 56.6 Å². The summed E-state index contributed by atoms with van der Waals surface area (Å²) in [6, 6.07) is -1.38. The third-order valence-corrected chi connectivity index (χ3v) is 4.40. The Morgan fingerprint density at radius 2 is 1.95 bits per heavy atom. The highest BCUT2D eigenvalue weighted by atomic mass is 16.5. The van der Waals surface area contributed by atoms with Gasteiger partial charge in [0.15, 0.2) is 0 Å². The Morgan fingerprint density at radius 1 is 1.30 bits per heavy atom. The van der Waals surface area contributed by atoms with Crippen molar-refractivity contribution in [2.24, 2.45) is 11.7 Å². The summed E-state index contributed by atoms with van der Waals surface area (Å²) in [6.45, 7) is 0.675. The summed E-state index contributed by atoms with van der Waals surface area (Å²) in [5.41, 5.74) is 4.61. The van der Waals surface area contributed by atoms with Gasteiger partial charge in [0.1, 0.15) is 6.04 Å². The van der Waals surface area contributed by atoms with Crippen LogP contribution in [0.15, 0.2) is 0 Å². The largest absolute Gasteiger partial charge is 0.372 e. The molecule has 1 atom stereocenters. The van der Waals surface area contributed by atoms with Gasteiger partial charge in [-0.1, -0.05) is 19.3 Å². The fourth-order valence-electron chi connectivity index (χ4n) is 3.00. The van der Waals surface area contributed by atoms with E-state index in [1.807, 2.05) is 0 Å². The van der Waals surface area contributed by atoms with Crippen LogP contribution in [0.3, 0.4) is 0 Å². The summed E-state index contributed by atoms with van der Waals surface area (Å²) >= 11 is 0. The van der Waals surface area contributed by atoms with Crippen molar-refractivity contribution < 1.29 is 14.3 Å². The summed E-state index contributed by atoms with van der Waals surface area (Å²) in [6.07, 6.45) is 7.81. The molecule has 0 aromatic rings. The number of urea groups is 1. The number of likely N-dealkylation sites (N-methyl/N-ethyl adjacent to an activating group) is 1. The van der Waals surface area contributed by atoms with E-state index in [2.05, 4.69) is 10.6 Å². The maximum atomic E-state index is 11.9. The molecule has 0 saturated heterocycles. The van der Waals surface area contributed by atoms with Crippen molar-refractivity contribution in [2.75, 3.05) is 13.7 Å². The number of carbonyl (C=O) groups is 2. The lowest BCUT2D eigenvalue weighted by Crippen LogP contribution is -2.56. The van der Waals surface area contributed by atoms with Gasteiger partial charge in [-0.2, -0.15) is 0 Å². The van der Waals surface area contributed by atoms with Crippen LogP contribution >= 0.6 is 0 Å². The Labute approximate surface area is 119 Å². The topological polar surface area (TPSA) is 93.5 Å². The Balaban J connectivity index is 1.92. The highest BCUT2D eigenvalue weighted by Crippen LogP contribution is 2.43. The zero-order valence-electron chi connectivity index (χ0n) is 12.1. The molecule has 0 aliphatic heterocycles. The number of nitrogens with two attached hydrogens (primary N) is 1. The molecule has 2 rings (SSSR count). The molecule has 20 heavy (non-hydrogen) atoms.